The van der Waals surface area contributed by atoms with Crippen LogP contribution >= 0.6 is 0 Å². The number of amides is 2. The van der Waals surface area contributed by atoms with Crippen LogP contribution in [0, 0.1) is 13.8 Å². The van der Waals surface area contributed by atoms with E-state index in [1.165, 1.54) is 0 Å². The van der Waals surface area contributed by atoms with E-state index < -0.39 is 24.5 Å². The Hall–Kier alpha value is -2.57. The standard InChI is InChI=1S/C17H24N2O5/c1-5-18-17(22)13(4)19-15(20)9-24-16(21)10-23-14-7-11(2)6-12(3)8-14/h6-8,13H,5,9-10H2,1-4H3,(H,18,22)(H,19,20)/t13-/m0/s1. The fraction of sp³-hybridized carbons (Fsp3) is 0.471. The van der Waals surface area contributed by atoms with Gasteiger partial charge in [0.25, 0.3) is 5.91 Å². The Morgan fingerprint density at radius 3 is 2.29 bits per heavy atom. The van der Waals surface area contributed by atoms with Gasteiger partial charge in [-0.15, -0.1) is 0 Å². The lowest BCUT2D eigenvalue weighted by atomic mass is 10.1. The van der Waals surface area contributed by atoms with Crippen LogP contribution in [0.1, 0.15) is 25.0 Å². The predicted octanol–water partition coefficient (Wildman–Crippen LogP) is 0.866. The van der Waals surface area contributed by atoms with E-state index in [0.717, 1.165) is 11.1 Å². The fourth-order valence-electron chi connectivity index (χ4n) is 2.02. The first-order valence-electron chi connectivity index (χ1n) is 7.75. The molecule has 0 aliphatic carbocycles. The molecule has 0 aliphatic rings. The molecule has 0 spiro atoms. The molecule has 1 atom stereocenters. The quantitative estimate of drug-likeness (QED) is 0.687. The second kappa shape index (κ2) is 9.54. The highest BCUT2D eigenvalue weighted by Gasteiger charge is 2.16. The van der Waals surface area contributed by atoms with E-state index in [1.807, 2.05) is 19.9 Å². The molecular formula is C17H24N2O5. The van der Waals surface area contributed by atoms with Crippen molar-refractivity contribution < 1.29 is 23.9 Å². The highest BCUT2D eigenvalue weighted by molar-refractivity contribution is 5.88. The van der Waals surface area contributed by atoms with Crippen molar-refractivity contribution in [3.05, 3.63) is 29.3 Å². The minimum Gasteiger partial charge on any atom is -0.482 e. The van der Waals surface area contributed by atoms with Crippen molar-refractivity contribution in [2.24, 2.45) is 0 Å². The van der Waals surface area contributed by atoms with Gasteiger partial charge in [-0.25, -0.2) is 4.79 Å². The number of carbonyl (C=O) groups excluding carboxylic acids is 3. The summed E-state index contributed by atoms with van der Waals surface area (Å²) in [5.74, 6) is -0.933. The molecule has 0 aliphatic heterocycles. The molecule has 0 radical (unpaired) electrons. The molecule has 0 saturated heterocycles. The molecule has 0 aromatic heterocycles. The summed E-state index contributed by atoms with van der Waals surface area (Å²) >= 11 is 0. The number of benzene rings is 1. The highest BCUT2D eigenvalue weighted by Crippen LogP contribution is 2.15. The first kappa shape index (κ1) is 19.5. The summed E-state index contributed by atoms with van der Waals surface area (Å²) in [5.41, 5.74) is 2.05. The second-order valence-electron chi connectivity index (χ2n) is 5.46. The molecule has 0 saturated carbocycles. The van der Waals surface area contributed by atoms with E-state index >= 15 is 0 Å². The smallest absolute Gasteiger partial charge is 0.344 e. The number of carbonyl (C=O) groups is 3. The third-order valence-corrected chi connectivity index (χ3v) is 3.04. The average molecular weight is 336 g/mol. The first-order valence-corrected chi connectivity index (χ1v) is 7.75. The third-order valence-electron chi connectivity index (χ3n) is 3.04. The summed E-state index contributed by atoms with van der Waals surface area (Å²) in [6, 6.07) is 4.91. The topological polar surface area (TPSA) is 93.7 Å². The van der Waals surface area contributed by atoms with Gasteiger partial charge in [0, 0.05) is 6.54 Å². The van der Waals surface area contributed by atoms with Gasteiger partial charge in [0.2, 0.25) is 5.91 Å². The second-order valence-corrected chi connectivity index (χ2v) is 5.46. The molecule has 2 amide bonds. The van der Waals surface area contributed by atoms with Crippen molar-refractivity contribution >= 4 is 17.8 Å². The largest absolute Gasteiger partial charge is 0.482 e. The van der Waals surface area contributed by atoms with E-state index in [2.05, 4.69) is 10.6 Å². The summed E-state index contributed by atoms with van der Waals surface area (Å²) in [4.78, 5) is 34.7. The molecule has 1 aromatic rings. The van der Waals surface area contributed by atoms with Crippen molar-refractivity contribution in [3.63, 3.8) is 0 Å². The SMILES string of the molecule is CCNC(=O)[C@H](C)NC(=O)COC(=O)COc1cc(C)cc(C)c1. The van der Waals surface area contributed by atoms with Gasteiger partial charge in [-0.05, 0) is 51.0 Å². The molecule has 7 heteroatoms. The van der Waals surface area contributed by atoms with Crippen molar-refractivity contribution in [1.29, 1.82) is 0 Å². The van der Waals surface area contributed by atoms with E-state index in [9.17, 15) is 14.4 Å². The Morgan fingerprint density at radius 2 is 1.71 bits per heavy atom. The van der Waals surface area contributed by atoms with Gasteiger partial charge in [0.1, 0.15) is 11.8 Å². The molecule has 24 heavy (non-hydrogen) atoms. The van der Waals surface area contributed by atoms with Crippen molar-refractivity contribution in [2.75, 3.05) is 19.8 Å². The maximum atomic E-state index is 11.6. The van der Waals surface area contributed by atoms with Gasteiger partial charge in [-0.1, -0.05) is 6.07 Å². The summed E-state index contributed by atoms with van der Waals surface area (Å²) in [5, 5.41) is 5.02. The van der Waals surface area contributed by atoms with Crippen LogP contribution < -0.4 is 15.4 Å². The van der Waals surface area contributed by atoms with Gasteiger partial charge in [-0.3, -0.25) is 9.59 Å². The number of nitrogens with one attached hydrogen (secondary N) is 2. The Bertz CT molecular complexity index is 580. The first-order chi connectivity index (χ1) is 11.3. The third kappa shape index (κ3) is 7.13. The van der Waals surface area contributed by atoms with Gasteiger partial charge >= 0.3 is 5.97 Å². The van der Waals surface area contributed by atoms with Crippen LogP contribution in [0.3, 0.4) is 0 Å². The maximum absolute atomic E-state index is 11.6. The Kier molecular flexibility index (Phi) is 7.74. The van der Waals surface area contributed by atoms with Crippen LogP contribution in [0.2, 0.25) is 0 Å². The molecule has 0 unspecified atom stereocenters. The van der Waals surface area contributed by atoms with Crippen LogP contribution in [0.25, 0.3) is 0 Å². The van der Waals surface area contributed by atoms with Gasteiger partial charge in [-0.2, -0.15) is 0 Å². The number of aryl methyl sites for hydroxylation is 2. The fourth-order valence-corrected chi connectivity index (χ4v) is 2.02. The molecule has 0 fully saturated rings. The maximum Gasteiger partial charge on any atom is 0.344 e. The molecule has 1 rings (SSSR count). The Morgan fingerprint density at radius 1 is 1.08 bits per heavy atom. The summed E-state index contributed by atoms with van der Waals surface area (Å²) < 4.78 is 10.2. The van der Waals surface area contributed by atoms with E-state index in [4.69, 9.17) is 9.47 Å². The lowest BCUT2D eigenvalue weighted by molar-refractivity contribution is -0.150. The van der Waals surface area contributed by atoms with Gasteiger partial charge in [0.05, 0.1) is 0 Å². The highest BCUT2D eigenvalue weighted by atomic mass is 16.6. The molecule has 0 bridgehead atoms. The number of rotatable bonds is 8. The van der Waals surface area contributed by atoms with Crippen LogP contribution in [0.4, 0.5) is 0 Å². The van der Waals surface area contributed by atoms with Gasteiger partial charge < -0.3 is 20.1 Å². The zero-order chi connectivity index (χ0) is 18.1. The zero-order valence-corrected chi connectivity index (χ0v) is 14.5. The molecule has 0 heterocycles. The van der Waals surface area contributed by atoms with Crippen LogP contribution in [0.5, 0.6) is 5.75 Å². The minimum absolute atomic E-state index is 0.290. The van der Waals surface area contributed by atoms with Gasteiger partial charge in [0.15, 0.2) is 13.2 Å². The molecular weight excluding hydrogens is 312 g/mol. The number of esters is 1. The Labute approximate surface area is 141 Å². The summed E-state index contributed by atoms with van der Waals surface area (Å²) in [6.45, 7) is 6.92. The van der Waals surface area contributed by atoms with Crippen LogP contribution in [-0.4, -0.2) is 43.6 Å². The molecule has 1 aromatic carbocycles. The molecule has 2 N–H and O–H groups in total. The predicted molar refractivity (Wildman–Crippen MR) is 88.7 cm³/mol. The monoisotopic (exact) mass is 336 g/mol. The molecule has 7 nitrogen and oxygen atoms in total. The van der Waals surface area contributed by atoms with Crippen LogP contribution in [-0.2, 0) is 19.1 Å². The number of hydrogen-bond acceptors (Lipinski definition) is 5. The number of hydrogen-bond donors (Lipinski definition) is 2. The lowest BCUT2D eigenvalue weighted by Gasteiger charge is -2.13. The van der Waals surface area contributed by atoms with Crippen molar-refractivity contribution in [1.82, 2.24) is 10.6 Å². The average Bonchev–Trinajstić information content (AvgIpc) is 2.50. The van der Waals surface area contributed by atoms with E-state index in [0.29, 0.717) is 12.3 Å². The molecule has 132 valence electrons. The Balaban J connectivity index is 2.32. The summed E-state index contributed by atoms with van der Waals surface area (Å²) in [7, 11) is 0. The van der Waals surface area contributed by atoms with E-state index in [-0.39, 0.29) is 12.5 Å². The number of ether oxygens (including phenoxy) is 2. The normalized spacial score (nSPS) is 11.3. The zero-order valence-electron chi connectivity index (χ0n) is 14.5. The lowest BCUT2D eigenvalue weighted by Crippen LogP contribution is -2.46. The summed E-state index contributed by atoms with van der Waals surface area (Å²) in [6.07, 6.45) is 0. The van der Waals surface area contributed by atoms with Crippen LogP contribution in [0.15, 0.2) is 18.2 Å². The minimum atomic E-state index is -0.692. The van der Waals surface area contributed by atoms with E-state index in [1.54, 1.807) is 26.0 Å². The van der Waals surface area contributed by atoms with Crippen molar-refractivity contribution in [3.8, 4) is 5.75 Å². The number of likely N-dealkylation sites (N-methyl/N-ethyl adjacent to an activating group) is 1. The van der Waals surface area contributed by atoms with Crippen molar-refractivity contribution in [2.45, 2.75) is 33.7 Å².